The number of carbonyl (C=O) groups is 1. The van der Waals surface area contributed by atoms with E-state index in [0.717, 1.165) is 17.8 Å². The minimum absolute atomic E-state index is 0.0273. The van der Waals surface area contributed by atoms with Crippen molar-refractivity contribution in [3.63, 3.8) is 0 Å². The Morgan fingerprint density at radius 3 is 2.84 bits per heavy atom. The molecule has 0 aliphatic carbocycles. The second-order valence-electron chi connectivity index (χ2n) is 7.19. The van der Waals surface area contributed by atoms with Crippen molar-refractivity contribution in [2.45, 2.75) is 31.5 Å². The summed E-state index contributed by atoms with van der Waals surface area (Å²) in [5.74, 6) is 0.394. The molecule has 25 heavy (non-hydrogen) atoms. The zero-order valence-electron chi connectivity index (χ0n) is 14.1. The van der Waals surface area contributed by atoms with Gasteiger partial charge in [0, 0.05) is 43.4 Å². The normalized spacial score (nSPS) is 23.2. The summed E-state index contributed by atoms with van der Waals surface area (Å²) in [5, 5.41) is 9.76. The van der Waals surface area contributed by atoms with E-state index in [1.54, 1.807) is 0 Å². The number of carbonyl (C=O) groups excluding carboxylic acids is 1. The highest BCUT2D eigenvalue weighted by Gasteiger charge is 2.44. The third-order valence-electron chi connectivity index (χ3n) is 5.75. The standard InChI is InChI=1S/C21H20N2O2/c1-22-11-14-4-2-3-5-15(14)21-17(8-13(12-24)9-19(21)22)16-6-7-23-18(16)10-20(23)25/h2-9,16,18,24H,10-12H2,1H3/t16?,18-/m0/s1. The van der Waals surface area contributed by atoms with Crippen LogP contribution in [-0.2, 0) is 17.9 Å². The number of hydrogen-bond donors (Lipinski definition) is 1. The summed E-state index contributed by atoms with van der Waals surface area (Å²) in [6, 6.07) is 13.0. The number of benzene rings is 2. The first-order valence-electron chi connectivity index (χ1n) is 8.74. The number of aliphatic hydroxyl groups excluding tert-OH is 1. The first-order valence-corrected chi connectivity index (χ1v) is 8.74. The van der Waals surface area contributed by atoms with Gasteiger partial charge >= 0.3 is 0 Å². The third-order valence-corrected chi connectivity index (χ3v) is 5.75. The Morgan fingerprint density at radius 2 is 2.08 bits per heavy atom. The number of β-lactam (4-membered cyclic amide) rings is 1. The second-order valence-corrected chi connectivity index (χ2v) is 7.19. The zero-order chi connectivity index (χ0) is 17.1. The highest BCUT2D eigenvalue weighted by molar-refractivity contribution is 5.89. The Hall–Kier alpha value is -2.59. The van der Waals surface area contributed by atoms with Crippen LogP contribution in [0.3, 0.4) is 0 Å². The molecule has 1 amide bonds. The predicted molar refractivity (Wildman–Crippen MR) is 97.0 cm³/mol. The summed E-state index contributed by atoms with van der Waals surface area (Å²) in [6.45, 7) is 0.894. The fourth-order valence-corrected chi connectivity index (χ4v) is 4.47. The van der Waals surface area contributed by atoms with E-state index < -0.39 is 0 Å². The first kappa shape index (κ1) is 14.7. The molecule has 1 fully saturated rings. The molecule has 3 aliphatic heterocycles. The van der Waals surface area contributed by atoms with Gasteiger partial charge in [-0.2, -0.15) is 0 Å². The summed E-state index contributed by atoms with van der Waals surface area (Å²) in [6.07, 6.45) is 4.68. The lowest BCUT2D eigenvalue weighted by Gasteiger charge is -2.39. The van der Waals surface area contributed by atoms with Crippen LogP contribution in [0.2, 0.25) is 0 Å². The van der Waals surface area contributed by atoms with Gasteiger partial charge < -0.3 is 14.9 Å². The maximum Gasteiger partial charge on any atom is 0.228 e. The molecule has 1 unspecified atom stereocenters. The highest BCUT2D eigenvalue weighted by Crippen LogP contribution is 2.48. The van der Waals surface area contributed by atoms with Crippen LogP contribution < -0.4 is 4.90 Å². The van der Waals surface area contributed by atoms with E-state index in [2.05, 4.69) is 54.4 Å². The Labute approximate surface area is 147 Å². The fraction of sp³-hybridized carbons (Fsp3) is 0.286. The first-order chi connectivity index (χ1) is 12.2. The van der Waals surface area contributed by atoms with E-state index in [-0.39, 0.29) is 24.5 Å². The smallest absolute Gasteiger partial charge is 0.228 e. The van der Waals surface area contributed by atoms with Crippen molar-refractivity contribution in [3.8, 4) is 11.1 Å². The molecule has 4 heteroatoms. The molecule has 126 valence electrons. The molecule has 1 saturated heterocycles. The van der Waals surface area contributed by atoms with Crippen molar-refractivity contribution in [2.24, 2.45) is 0 Å². The number of hydrogen-bond acceptors (Lipinski definition) is 3. The number of anilines is 1. The molecule has 2 aromatic rings. The molecular weight excluding hydrogens is 312 g/mol. The van der Waals surface area contributed by atoms with Crippen molar-refractivity contribution in [2.75, 3.05) is 11.9 Å². The Kier molecular flexibility index (Phi) is 3.06. The summed E-state index contributed by atoms with van der Waals surface area (Å²) in [4.78, 5) is 15.9. The van der Waals surface area contributed by atoms with Crippen LogP contribution in [0.25, 0.3) is 11.1 Å². The maximum atomic E-state index is 11.8. The topological polar surface area (TPSA) is 43.8 Å². The summed E-state index contributed by atoms with van der Waals surface area (Å²) < 4.78 is 0. The molecule has 0 spiro atoms. The second kappa shape index (κ2) is 5.20. The molecule has 5 rings (SSSR count). The number of amides is 1. The fourth-order valence-electron chi connectivity index (χ4n) is 4.47. The van der Waals surface area contributed by atoms with Gasteiger partial charge in [0.05, 0.1) is 12.6 Å². The molecule has 3 aliphatic rings. The largest absolute Gasteiger partial charge is 0.392 e. The van der Waals surface area contributed by atoms with E-state index in [9.17, 15) is 9.90 Å². The van der Waals surface area contributed by atoms with Crippen LogP contribution in [0.5, 0.6) is 0 Å². The van der Waals surface area contributed by atoms with E-state index in [1.165, 1.54) is 22.3 Å². The number of nitrogens with zero attached hydrogens (tertiary/aromatic N) is 2. The van der Waals surface area contributed by atoms with Crippen LogP contribution in [0.4, 0.5) is 5.69 Å². The summed E-state index contributed by atoms with van der Waals surface area (Å²) in [5.41, 5.74) is 7.15. The van der Waals surface area contributed by atoms with Gasteiger partial charge in [-0.25, -0.2) is 0 Å². The van der Waals surface area contributed by atoms with Crippen molar-refractivity contribution < 1.29 is 9.90 Å². The van der Waals surface area contributed by atoms with Gasteiger partial charge in [0.15, 0.2) is 0 Å². The van der Waals surface area contributed by atoms with E-state index in [0.29, 0.717) is 6.42 Å². The van der Waals surface area contributed by atoms with Gasteiger partial charge in [-0.05, 0) is 28.3 Å². The van der Waals surface area contributed by atoms with E-state index >= 15 is 0 Å². The van der Waals surface area contributed by atoms with Crippen LogP contribution >= 0.6 is 0 Å². The molecule has 2 atom stereocenters. The molecule has 0 bridgehead atoms. The third kappa shape index (κ3) is 2.01. The lowest BCUT2D eigenvalue weighted by atomic mass is 9.79. The van der Waals surface area contributed by atoms with Crippen LogP contribution in [0.15, 0.2) is 48.7 Å². The van der Waals surface area contributed by atoms with Crippen molar-refractivity contribution in [1.82, 2.24) is 4.90 Å². The molecule has 0 radical (unpaired) electrons. The SMILES string of the molecule is CN1Cc2ccccc2-c2c(C3C=CN4C(=O)C[C@@H]34)cc(CO)cc21. The lowest BCUT2D eigenvalue weighted by molar-refractivity contribution is -0.140. The minimum Gasteiger partial charge on any atom is -0.392 e. The Bertz CT molecular complexity index is 918. The highest BCUT2D eigenvalue weighted by atomic mass is 16.3. The number of fused-ring (bicyclic) bond motifs is 4. The lowest BCUT2D eigenvalue weighted by Crippen LogP contribution is -2.48. The molecule has 2 aromatic carbocycles. The van der Waals surface area contributed by atoms with Gasteiger partial charge in [0.2, 0.25) is 5.91 Å². The average molecular weight is 332 g/mol. The van der Waals surface area contributed by atoms with Crippen molar-refractivity contribution in [1.29, 1.82) is 0 Å². The molecule has 4 nitrogen and oxygen atoms in total. The maximum absolute atomic E-state index is 11.8. The van der Waals surface area contributed by atoms with Crippen LogP contribution in [-0.4, -0.2) is 29.0 Å². The molecular formula is C21H20N2O2. The Morgan fingerprint density at radius 1 is 1.24 bits per heavy atom. The van der Waals surface area contributed by atoms with Gasteiger partial charge in [-0.15, -0.1) is 0 Å². The predicted octanol–water partition coefficient (Wildman–Crippen LogP) is 3.01. The van der Waals surface area contributed by atoms with Gasteiger partial charge in [-0.1, -0.05) is 36.4 Å². The zero-order valence-corrected chi connectivity index (χ0v) is 14.1. The monoisotopic (exact) mass is 332 g/mol. The molecule has 0 aromatic heterocycles. The summed E-state index contributed by atoms with van der Waals surface area (Å²) >= 11 is 0. The van der Waals surface area contributed by atoms with Gasteiger partial charge in [-0.3, -0.25) is 4.79 Å². The van der Waals surface area contributed by atoms with E-state index in [1.807, 2.05) is 11.1 Å². The number of aliphatic hydroxyl groups is 1. The van der Waals surface area contributed by atoms with E-state index in [4.69, 9.17) is 0 Å². The molecule has 0 saturated carbocycles. The van der Waals surface area contributed by atoms with Crippen molar-refractivity contribution >= 4 is 11.6 Å². The van der Waals surface area contributed by atoms with Gasteiger partial charge in [0.1, 0.15) is 0 Å². The quantitative estimate of drug-likeness (QED) is 0.860. The van der Waals surface area contributed by atoms with Crippen LogP contribution in [0, 0.1) is 0 Å². The summed E-state index contributed by atoms with van der Waals surface area (Å²) in [7, 11) is 2.10. The van der Waals surface area contributed by atoms with Crippen LogP contribution in [0.1, 0.15) is 29.0 Å². The average Bonchev–Trinajstić information content (AvgIpc) is 2.97. The molecule has 1 N–H and O–H groups in total. The Balaban J connectivity index is 1.73. The van der Waals surface area contributed by atoms with Gasteiger partial charge in [0.25, 0.3) is 0 Å². The molecule has 3 heterocycles. The number of rotatable bonds is 2. The van der Waals surface area contributed by atoms with Crippen molar-refractivity contribution in [3.05, 3.63) is 65.4 Å². The minimum atomic E-state index is 0.0273.